The summed E-state index contributed by atoms with van der Waals surface area (Å²) in [6.07, 6.45) is 3.09. The normalized spacial score (nSPS) is 10.6. The Hall–Kier alpha value is -5.36. The molecule has 37 heavy (non-hydrogen) atoms. The minimum Gasteiger partial charge on any atom is -0.457 e. The van der Waals surface area contributed by atoms with Gasteiger partial charge in [0.05, 0.1) is 11.7 Å². The second-order valence-corrected chi connectivity index (χ2v) is 8.09. The first-order chi connectivity index (χ1) is 17.9. The van der Waals surface area contributed by atoms with Crippen LogP contribution < -0.4 is 15.6 Å². The van der Waals surface area contributed by atoms with Crippen LogP contribution in [-0.2, 0) is 0 Å². The van der Waals surface area contributed by atoms with E-state index in [1.807, 2.05) is 6.07 Å². The summed E-state index contributed by atoms with van der Waals surface area (Å²) in [5.41, 5.74) is 1.79. The standard InChI is InChI=1S/C28H18FN5O3/c1-17-2-11-23(28(36)34(17)21-7-3-18(29)4-8-21)27(35)33-19-5-9-22(10-6-19)37-26-12-13-31-25-16-32-20(15-30)14-24(25)26/h2-14,16H,1H3,(H,33,35). The molecule has 0 unspecified atom stereocenters. The molecule has 0 saturated heterocycles. The minimum atomic E-state index is -0.578. The first-order valence-corrected chi connectivity index (χ1v) is 11.2. The topological polar surface area (TPSA) is 110 Å². The number of halogens is 1. The predicted molar refractivity (Wildman–Crippen MR) is 135 cm³/mol. The summed E-state index contributed by atoms with van der Waals surface area (Å²) in [6, 6.07) is 20.5. The Kier molecular flexibility index (Phi) is 6.14. The number of aromatic nitrogens is 3. The monoisotopic (exact) mass is 491 g/mol. The van der Waals surface area contributed by atoms with Gasteiger partial charge in [-0.25, -0.2) is 9.37 Å². The summed E-state index contributed by atoms with van der Waals surface area (Å²) in [6.45, 7) is 1.73. The number of nitrogens with one attached hydrogen (secondary N) is 1. The van der Waals surface area contributed by atoms with Crippen LogP contribution in [0.15, 0.2) is 90.0 Å². The van der Waals surface area contributed by atoms with Crippen LogP contribution in [0.25, 0.3) is 16.6 Å². The molecule has 3 heterocycles. The number of carbonyl (C=O) groups is 1. The second kappa shape index (κ2) is 9.71. The summed E-state index contributed by atoms with van der Waals surface area (Å²) >= 11 is 0. The van der Waals surface area contributed by atoms with Crippen LogP contribution in [0.1, 0.15) is 21.7 Å². The number of amides is 1. The number of nitriles is 1. The summed E-state index contributed by atoms with van der Waals surface area (Å²) in [7, 11) is 0. The van der Waals surface area contributed by atoms with E-state index in [9.17, 15) is 14.0 Å². The van der Waals surface area contributed by atoms with Crippen LogP contribution in [0, 0.1) is 24.1 Å². The van der Waals surface area contributed by atoms with Crippen LogP contribution in [0.3, 0.4) is 0 Å². The molecule has 0 saturated carbocycles. The molecule has 0 bridgehead atoms. The summed E-state index contributed by atoms with van der Waals surface area (Å²) in [4.78, 5) is 34.2. The molecule has 9 heteroatoms. The lowest BCUT2D eigenvalue weighted by Gasteiger charge is -2.13. The number of hydrogen-bond acceptors (Lipinski definition) is 6. The highest BCUT2D eigenvalue weighted by atomic mass is 19.1. The first-order valence-electron chi connectivity index (χ1n) is 11.2. The van der Waals surface area contributed by atoms with Gasteiger partial charge in [0.25, 0.3) is 11.5 Å². The maximum absolute atomic E-state index is 13.3. The fraction of sp³-hybridized carbons (Fsp3) is 0.0357. The molecule has 0 spiro atoms. The molecule has 0 aliphatic rings. The van der Waals surface area contributed by atoms with Crippen molar-refractivity contribution in [3.05, 3.63) is 118 Å². The summed E-state index contributed by atoms with van der Waals surface area (Å²) in [5, 5.41) is 12.5. The van der Waals surface area contributed by atoms with E-state index in [-0.39, 0.29) is 11.3 Å². The van der Waals surface area contributed by atoms with Crippen molar-refractivity contribution in [2.75, 3.05) is 5.32 Å². The third kappa shape index (κ3) is 4.76. The van der Waals surface area contributed by atoms with Crippen molar-refractivity contribution in [3.63, 3.8) is 0 Å². The van der Waals surface area contributed by atoms with Gasteiger partial charge in [-0.2, -0.15) is 5.26 Å². The Balaban J connectivity index is 1.36. The smallest absolute Gasteiger partial charge is 0.268 e. The lowest BCUT2D eigenvalue weighted by Crippen LogP contribution is -2.29. The largest absolute Gasteiger partial charge is 0.457 e. The number of benzene rings is 2. The van der Waals surface area contributed by atoms with Crippen LogP contribution in [-0.4, -0.2) is 20.4 Å². The molecule has 1 amide bonds. The molecule has 0 fully saturated rings. The van der Waals surface area contributed by atoms with E-state index in [0.717, 1.165) is 0 Å². The zero-order valence-corrected chi connectivity index (χ0v) is 19.5. The van der Waals surface area contributed by atoms with Gasteiger partial charge in [-0.3, -0.25) is 19.1 Å². The Morgan fingerprint density at radius 1 is 1.03 bits per heavy atom. The van der Waals surface area contributed by atoms with E-state index < -0.39 is 17.3 Å². The molecule has 1 N–H and O–H groups in total. The van der Waals surface area contributed by atoms with Gasteiger partial charge in [0.2, 0.25) is 0 Å². The molecule has 3 aromatic heterocycles. The van der Waals surface area contributed by atoms with E-state index in [1.54, 1.807) is 55.6 Å². The zero-order chi connectivity index (χ0) is 25.9. The van der Waals surface area contributed by atoms with Crippen molar-refractivity contribution in [3.8, 4) is 23.3 Å². The number of nitrogens with zero attached hydrogens (tertiary/aromatic N) is 4. The fourth-order valence-corrected chi connectivity index (χ4v) is 3.82. The van der Waals surface area contributed by atoms with Gasteiger partial charge in [-0.1, -0.05) is 0 Å². The Morgan fingerprint density at radius 2 is 1.78 bits per heavy atom. The quantitative estimate of drug-likeness (QED) is 0.364. The number of hydrogen-bond donors (Lipinski definition) is 1. The van der Waals surface area contributed by atoms with E-state index >= 15 is 0 Å². The third-order valence-corrected chi connectivity index (χ3v) is 5.65. The maximum atomic E-state index is 13.3. The van der Waals surface area contributed by atoms with Crippen molar-refractivity contribution in [1.29, 1.82) is 5.26 Å². The molecule has 180 valence electrons. The second-order valence-electron chi connectivity index (χ2n) is 8.09. The van der Waals surface area contributed by atoms with Crippen LogP contribution in [0.4, 0.5) is 10.1 Å². The highest BCUT2D eigenvalue weighted by Crippen LogP contribution is 2.29. The molecule has 5 rings (SSSR count). The SMILES string of the molecule is Cc1ccc(C(=O)Nc2ccc(Oc3ccnc4cnc(C#N)cc34)cc2)c(=O)n1-c1ccc(F)cc1. The van der Waals surface area contributed by atoms with Gasteiger partial charge >= 0.3 is 0 Å². The van der Waals surface area contributed by atoms with Crippen molar-refractivity contribution >= 4 is 22.5 Å². The van der Waals surface area contributed by atoms with E-state index in [0.29, 0.717) is 39.5 Å². The Bertz CT molecular complexity index is 1740. The predicted octanol–water partition coefficient (Wildman–Crippen LogP) is 5.14. The average Bonchev–Trinajstić information content (AvgIpc) is 2.91. The number of ether oxygens (including phenoxy) is 1. The van der Waals surface area contributed by atoms with E-state index in [2.05, 4.69) is 15.3 Å². The Morgan fingerprint density at radius 3 is 2.51 bits per heavy atom. The lowest BCUT2D eigenvalue weighted by molar-refractivity contribution is 0.102. The molecule has 0 aliphatic carbocycles. The third-order valence-electron chi connectivity index (χ3n) is 5.65. The van der Waals surface area contributed by atoms with Crippen molar-refractivity contribution < 1.29 is 13.9 Å². The lowest BCUT2D eigenvalue weighted by atomic mass is 10.2. The number of fused-ring (bicyclic) bond motifs is 1. The molecule has 8 nitrogen and oxygen atoms in total. The highest BCUT2D eigenvalue weighted by molar-refractivity contribution is 6.04. The molecular formula is C28H18FN5O3. The van der Waals surface area contributed by atoms with Gasteiger partial charge in [-0.05, 0) is 79.7 Å². The van der Waals surface area contributed by atoms with Crippen molar-refractivity contribution in [2.24, 2.45) is 0 Å². The van der Waals surface area contributed by atoms with Gasteiger partial charge in [-0.15, -0.1) is 0 Å². The molecule has 2 aromatic carbocycles. The number of aryl methyl sites for hydroxylation is 1. The number of pyridine rings is 3. The van der Waals surface area contributed by atoms with Crippen LogP contribution >= 0.6 is 0 Å². The molecule has 5 aromatic rings. The van der Waals surface area contributed by atoms with Crippen molar-refractivity contribution in [1.82, 2.24) is 14.5 Å². The molecule has 0 atom stereocenters. The zero-order valence-electron chi connectivity index (χ0n) is 19.5. The molecule has 0 radical (unpaired) electrons. The van der Waals surface area contributed by atoms with Crippen molar-refractivity contribution in [2.45, 2.75) is 6.92 Å². The van der Waals surface area contributed by atoms with Gasteiger partial charge < -0.3 is 10.1 Å². The maximum Gasteiger partial charge on any atom is 0.268 e. The first kappa shape index (κ1) is 23.4. The van der Waals surface area contributed by atoms with Gasteiger partial charge in [0, 0.05) is 28.7 Å². The van der Waals surface area contributed by atoms with Gasteiger partial charge in [0.1, 0.15) is 34.6 Å². The van der Waals surface area contributed by atoms with E-state index in [1.165, 1.54) is 41.1 Å². The van der Waals surface area contributed by atoms with E-state index in [4.69, 9.17) is 10.00 Å². The summed E-state index contributed by atoms with van der Waals surface area (Å²) < 4.78 is 20.7. The average molecular weight is 491 g/mol. The highest BCUT2D eigenvalue weighted by Gasteiger charge is 2.15. The summed E-state index contributed by atoms with van der Waals surface area (Å²) in [5.74, 6) is -0.000448. The number of rotatable bonds is 5. The van der Waals surface area contributed by atoms with Gasteiger partial charge in [0.15, 0.2) is 0 Å². The fourth-order valence-electron chi connectivity index (χ4n) is 3.82. The Labute approximate surface area is 210 Å². The molecule has 0 aliphatic heterocycles. The minimum absolute atomic E-state index is 0.0552. The number of anilines is 1. The molecular weight excluding hydrogens is 473 g/mol. The van der Waals surface area contributed by atoms with Crippen LogP contribution in [0.5, 0.6) is 11.5 Å². The number of carbonyl (C=O) groups excluding carboxylic acids is 1. The van der Waals surface area contributed by atoms with Crippen LogP contribution in [0.2, 0.25) is 0 Å².